The molecule has 0 saturated carbocycles. The second kappa shape index (κ2) is 5.09. The molecule has 0 aliphatic carbocycles. The third kappa shape index (κ3) is 2.30. The largest absolute Gasteiger partial charge is 0.355 e. The van der Waals surface area contributed by atoms with Crippen LogP contribution in [0.1, 0.15) is 17.0 Å². The number of fused-ring (bicyclic) bond motifs is 1. The Morgan fingerprint density at radius 3 is 3.00 bits per heavy atom. The average Bonchev–Trinajstić information content (AvgIpc) is 2.80. The fourth-order valence-corrected chi connectivity index (χ4v) is 1.86. The summed E-state index contributed by atoms with van der Waals surface area (Å²) in [6.45, 7) is 4.72. The van der Waals surface area contributed by atoms with Gasteiger partial charge in [-0.25, -0.2) is 4.98 Å². The van der Waals surface area contributed by atoms with Crippen LogP contribution in [-0.2, 0) is 11.2 Å². The zero-order valence-electron chi connectivity index (χ0n) is 10.5. The average molecular weight is 248 g/mol. The van der Waals surface area contributed by atoms with E-state index in [0.29, 0.717) is 25.3 Å². The molecule has 0 fully saturated rings. The molecule has 0 radical (unpaired) electrons. The van der Waals surface area contributed by atoms with E-state index in [-0.39, 0.29) is 5.91 Å². The maximum atomic E-state index is 11.7. The number of nitrogens with one attached hydrogen (secondary N) is 1. The van der Waals surface area contributed by atoms with Crippen molar-refractivity contribution in [2.75, 3.05) is 13.1 Å². The molecule has 0 aromatic carbocycles. The SMILES string of the molecule is Cc1nc2nncn2c(C)c1CC(=O)NCCN. The highest BCUT2D eigenvalue weighted by atomic mass is 16.1. The summed E-state index contributed by atoms with van der Waals surface area (Å²) < 4.78 is 1.78. The number of hydrogen-bond acceptors (Lipinski definition) is 5. The minimum atomic E-state index is -0.0547. The summed E-state index contributed by atoms with van der Waals surface area (Å²) in [5.74, 6) is 0.497. The topological polar surface area (TPSA) is 98.2 Å². The van der Waals surface area contributed by atoms with Crippen LogP contribution in [0.15, 0.2) is 6.33 Å². The van der Waals surface area contributed by atoms with Gasteiger partial charge in [0.15, 0.2) is 0 Å². The predicted molar refractivity (Wildman–Crippen MR) is 66.0 cm³/mol. The van der Waals surface area contributed by atoms with Gasteiger partial charge in [0.25, 0.3) is 5.78 Å². The summed E-state index contributed by atoms with van der Waals surface area (Å²) in [6.07, 6.45) is 1.89. The Kier molecular flexibility index (Phi) is 3.52. The number of aryl methyl sites for hydroxylation is 2. The Balaban J connectivity index is 2.29. The molecule has 0 saturated heterocycles. The number of carbonyl (C=O) groups is 1. The van der Waals surface area contributed by atoms with Gasteiger partial charge in [0.1, 0.15) is 6.33 Å². The van der Waals surface area contributed by atoms with E-state index < -0.39 is 0 Å². The number of aromatic nitrogens is 4. The van der Waals surface area contributed by atoms with Crippen molar-refractivity contribution >= 4 is 11.7 Å². The Hall–Kier alpha value is -2.02. The molecular formula is C11H16N6O. The van der Waals surface area contributed by atoms with Gasteiger partial charge in [0.05, 0.1) is 6.42 Å². The van der Waals surface area contributed by atoms with Gasteiger partial charge in [-0.3, -0.25) is 9.20 Å². The van der Waals surface area contributed by atoms with E-state index in [4.69, 9.17) is 5.73 Å². The molecule has 0 bridgehead atoms. The van der Waals surface area contributed by atoms with E-state index >= 15 is 0 Å². The molecule has 0 aliphatic heterocycles. The Morgan fingerprint density at radius 2 is 2.28 bits per heavy atom. The van der Waals surface area contributed by atoms with Crippen molar-refractivity contribution in [1.82, 2.24) is 24.9 Å². The van der Waals surface area contributed by atoms with Crippen LogP contribution in [-0.4, -0.2) is 38.6 Å². The fourth-order valence-electron chi connectivity index (χ4n) is 1.86. The Labute approximate surface area is 104 Å². The molecule has 2 heterocycles. The van der Waals surface area contributed by atoms with Crippen molar-refractivity contribution in [2.45, 2.75) is 20.3 Å². The minimum Gasteiger partial charge on any atom is -0.355 e. The van der Waals surface area contributed by atoms with E-state index in [2.05, 4.69) is 20.5 Å². The summed E-state index contributed by atoms with van der Waals surface area (Å²) in [5.41, 5.74) is 7.98. The molecule has 2 rings (SSSR count). The van der Waals surface area contributed by atoms with Gasteiger partial charge in [-0.05, 0) is 13.8 Å². The first-order chi connectivity index (χ1) is 8.63. The quantitative estimate of drug-likeness (QED) is 0.750. The maximum absolute atomic E-state index is 11.7. The molecular weight excluding hydrogens is 232 g/mol. The lowest BCUT2D eigenvalue weighted by Gasteiger charge is -2.10. The van der Waals surface area contributed by atoms with Gasteiger partial charge >= 0.3 is 0 Å². The van der Waals surface area contributed by atoms with E-state index in [1.54, 1.807) is 10.7 Å². The zero-order chi connectivity index (χ0) is 13.1. The standard InChI is InChI=1S/C11H16N6O/c1-7-9(5-10(18)13-4-3-12)8(2)17-6-14-16-11(17)15-7/h6H,3-5,12H2,1-2H3,(H,13,18). The highest BCUT2D eigenvalue weighted by Gasteiger charge is 2.13. The van der Waals surface area contributed by atoms with Gasteiger partial charge < -0.3 is 11.1 Å². The van der Waals surface area contributed by atoms with Crippen molar-refractivity contribution in [3.8, 4) is 0 Å². The highest BCUT2D eigenvalue weighted by molar-refractivity contribution is 5.79. The van der Waals surface area contributed by atoms with E-state index in [1.165, 1.54) is 0 Å². The normalized spacial score (nSPS) is 10.8. The number of nitrogens with zero attached hydrogens (tertiary/aromatic N) is 4. The summed E-state index contributed by atoms with van der Waals surface area (Å²) in [5, 5.41) is 10.4. The van der Waals surface area contributed by atoms with Crippen LogP contribution in [0.4, 0.5) is 0 Å². The Bertz CT molecular complexity index is 576. The van der Waals surface area contributed by atoms with Crippen LogP contribution in [0.2, 0.25) is 0 Å². The van der Waals surface area contributed by atoms with Crippen molar-refractivity contribution in [3.05, 3.63) is 23.3 Å². The Morgan fingerprint density at radius 1 is 1.50 bits per heavy atom. The molecule has 1 amide bonds. The molecule has 96 valence electrons. The predicted octanol–water partition coefficient (Wildman–Crippen LogP) is -0.641. The van der Waals surface area contributed by atoms with Crippen molar-refractivity contribution < 1.29 is 4.79 Å². The summed E-state index contributed by atoms with van der Waals surface area (Å²) in [7, 11) is 0. The summed E-state index contributed by atoms with van der Waals surface area (Å²) in [6, 6.07) is 0. The van der Waals surface area contributed by atoms with Gasteiger partial charge in [0, 0.05) is 30.0 Å². The van der Waals surface area contributed by atoms with Gasteiger partial charge in [-0.15, -0.1) is 10.2 Å². The molecule has 2 aromatic heterocycles. The monoisotopic (exact) mass is 248 g/mol. The zero-order valence-corrected chi connectivity index (χ0v) is 10.5. The molecule has 2 aromatic rings. The van der Waals surface area contributed by atoms with Crippen LogP contribution in [0.25, 0.3) is 5.78 Å². The lowest BCUT2D eigenvalue weighted by atomic mass is 10.1. The molecule has 3 N–H and O–H groups in total. The van der Waals surface area contributed by atoms with Gasteiger partial charge in [0.2, 0.25) is 5.91 Å². The molecule has 7 heteroatoms. The third-order valence-corrected chi connectivity index (χ3v) is 2.84. The van der Waals surface area contributed by atoms with Crippen LogP contribution < -0.4 is 11.1 Å². The van der Waals surface area contributed by atoms with Crippen LogP contribution >= 0.6 is 0 Å². The second-order valence-electron chi connectivity index (χ2n) is 4.08. The summed E-state index contributed by atoms with van der Waals surface area (Å²) >= 11 is 0. The molecule has 18 heavy (non-hydrogen) atoms. The van der Waals surface area contributed by atoms with Crippen molar-refractivity contribution in [1.29, 1.82) is 0 Å². The molecule has 7 nitrogen and oxygen atoms in total. The van der Waals surface area contributed by atoms with Crippen LogP contribution in [0.3, 0.4) is 0 Å². The lowest BCUT2D eigenvalue weighted by Crippen LogP contribution is -2.30. The number of nitrogens with two attached hydrogens (primary N) is 1. The first-order valence-electron chi connectivity index (χ1n) is 5.76. The van der Waals surface area contributed by atoms with Gasteiger partial charge in [-0.1, -0.05) is 0 Å². The molecule has 0 unspecified atom stereocenters. The minimum absolute atomic E-state index is 0.0547. The number of amides is 1. The van der Waals surface area contributed by atoms with E-state index in [0.717, 1.165) is 17.0 Å². The van der Waals surface area contributed by atoms with Crippen LogP contribution in [0, 0.1) is 13.8 Å². The second-order valence-corrected chi connectivity index (χ2v) is 4.08. The van der Waals surface area contributed by atoms with Crippen molar-refractivity contribution in [3.63, 3.8) is 0 Å². The maximum Gasteiger partial charge on any atom is 0.255 e. The number of hydrogen-bond donors (Lipinski definition) is 2. The van der Waals surface area contributed by atoms with Crippen LogP contribution in [0.5, 0.6) is 0 Å². The smallest absolute Gasteiger partial charge is 0.255 e. The number of rotatable bonds is 4. The molecule has 0 aliphatic rings. The fraction of sp³-hybridized carbons (Fsp3) is 0.455. The molecule has 0 atom stereocenters. The van der Waals surface area contributed by atoms with Gasteiger partial charge in [-0.2, -0.15) is 0 Å². The number of carbonyl (C=O) groups excluding carboxylic acids is 1. The first kappa shape index (κ1) is 12.4. The lowest BCUT2D eigenvalue weighted by molar-refractivity contribution is -0.120. The van der Waals surface area contributed by atoms with E-state index in [9.17, 15) is 4.79 Å². The third-order valence-electron chi connectivity index (χ3n) is 2.84. The summed E-state index contributed by atoms with van der Waals surface area (Å²) in [4.78, 5) is 16.0. The van der Waals surface area contributed by atoms with E-state index in [1.807, 2.05) is 13.8 Å². The molecule has 0 spiro atoms. The highest BCUT2D eigenvalue weighted by Crippen LogP contribution is 2.13. The first-order valence-corrected chi connectivity index (χ1v) is 5.76. The van der Waals surface area contributed by atoms with Crippen molar-refractivity contribution in [2.24, 2.45) is 5.73 Å².